The highest BCUT2D eigenvalue weighted by Crippen LogP contribution is 2.25. The van der Waals surface area contributed by atoms with Gasteiger partial charge in [-0.2, -0.15) is 0 Å². The van der Waals surface area contributed by atoms with Crippen molar-refractivity contribution in [3.05, 3.63) is 0 Å². The Balaban J connectivity index is 1.71. The lowest BCUT2D eigenvalue weighted by atomic mass is 9.95. The number of fused-ring (bicyclic) bond motifs is 1. The Labute approximate surface area is 125 Å². The molecular formula is C17H34N2O. The van der Waals surface area contributed by atoms with Crippen LogP contribution >= 0.6 is 0 Å². The molecule has 0 aromatic rings. The molecule has 0 saturated carbocycles. The summed E-state index contributed by atoms with van der Waals surface area (Å²) in [7, 11) is 0. The predicted octanol–water partition coefficient (Wildman–Crippen LogP) is 3.14. The second kappa shape index (κ2) is 8.35. The van der Waals surface area contributed by atoms with Crippen molar-refractivity contribution in [2.45, 2.75) is 77.5 Å². The summed E-state index contributed by atoms with van der Waals surface area (Å²) in [6.45, 7) is 12.8. The van der Waals surface area contributed by atoms with Crippen LogP contribution in [-0.4, -0.2) is 60.8 Å². The number of nitrogens with zero attached hydrogens (tertiary/aromatic N) is 2. The van der Waals surface area contributed by atoms with Crippen molar-refractivity contribution in [3.63, 3.8) is 0 Å². The number of ether oxygens (including phenoxy) is 1. The van der Waals surface area contributed by atoms with Gasteiger partial charge in [-0.15, -0.1) is 0 Å². The van der Waals surface area contributed by atoms with E-state index in [0.29, 0.717) is 6.10 Å². The molecule has 0 bridgehead atoms. The second-order valence-corrected chi connectivity index (χ2v) is 6.83. The van der Waals surface area contributed by atoms with Crippen molar-refractivity contribution < 1.29 is 4.74 Å². The van der Waals surface area contributed by atoms with E-state index in [-0.39, 0.29) is 0 Å². The minimum atomic E-state index is 0.379. The smallest absolute Gasteiger partial charge is 0.0518 e. The highest BCUT2D eigenvalue weighted by molar-refractivity contribution is 4.90. The van der Waals surface area contributed by atoms with E-state index in [1.807, 2.05) is 0 Å². The first-order valence-electron chi connectivity index (χ1n) is 8.80. The molecule has 2 atom stereocenters. The van der Waals surface area contributed by atoms with Gasteiger partial charge in [-0.25, -0.2) is 0 Å². The minimum absolute atomic E-state index is 0.379. The summed E-state index contributed by atoms with van der Waals surface area (Å²) in [5.41, 5.74) is 0. The molecule has 2 aliphatic rings. The zero-order chi connectivity index (χ0) is 14.4. The summed E-state index contributed by atoms with van der Waals surface area (Å²) in [5, 5.41) is 0. The van der Waals surface area contributed by atoms with Crippen molar-refractivity contribution in [2.24, 2.45) is 0 Å². The van der Waals surface area contributed by atoms with E-state index >= 15 is 0 Å². The van der Waals surface area contributed by atoms with Crippen LogP contribution in [0, 0.1) is 0 Å². The van der Waals surface area contributed by atoms with Crippen molar-refractivity contribution in [1.29, 1.82) is 0 Å². The Bertz CT molecular complexity index is 270. The first kappa shape index (κ1) is 16.3. The van der Waals surface area contributed by atoms with Gasteiger partial charge >= 0.3 is 0 Å². The first-order chi connectivity index (χ1) is 9.70. The van der Waals surface area contributed by atoms with Crippen LogP contribution in [0.4, 0.5) is 0 Å². The van der Waals surface area contributed by atoms with Gasteiger partial charge in [0.25, 0.3) is 0 Å². The fourth-order valence-corrected chi connectivity index (χ4v) is 3.71. The maximum Gasteiger partial charge on any atom is 0.0518 e. The van der Waals surface area contributed by atoms with Gasteiger partial charge in [0.05, 0.1) is 6.10 Å². The van der Waals surface area contributed by atoms with E-state index < -0.39 is 0 Å². The number of piperazine rings is 1. The summed E-state index contributed by atoms with van der Waals surface area (Å²) < 4.78 is 5.64. The number of piperidine rings is 1. The zero-order valence-corrected chi connectivity index (χ0v) is 13.8. The molecule has 3 heteroatoms. The van der Waals surface area contributed by atoms with Gasteiger partial charge in [-0.05, 0) is 59.0 Å². The average molecular weight is 282 g/mol. The number of unbranched alkanes of at least 4 members (excludes halogenated alkanes) is 1. The molecule has 2 saturated heterocycles. The molecule has 20 heavy (non-hydrogen) atoms. The molecule has 0 aliphatic carbocycles. The van der Waals surface area contributed by atoms with E-state index in [1.54, 1.807) is 0 Å². The highest BCUT2D eigenvalue weighted by atomic mass is 16.5. The van der Waals surface area contributed by atoms with Crippen LogP contribution < -0.4 is 0 Å². The number of hydrogen-bond donors (Lipinski definition) is 0. The van der Waals surface area contributed by atoms with Crippen molar-refractivity contribution in [2.75, 3.05) is 32.8 Å². The molecule has 2 fully saturated rings. The van der Waals surface area contributed by atoms with Gasteiger partial charge in [0.15, 0.2) is 0 Å². The Morgan fingerprint density at radius 2 is 2.00 bits per heavy atom. The van der Waals surface area contributed by atoms with Gasteiger partial charge in [-0.1, -0.05) is 13.3 Å². The fraction of sp³-hybridized carbons (Fsp3) is 1.00. The highest BCUT2D eigenvalue weighted by Gasteiger charge is 2.33. The van der Waals surface area contributed by atoms with E-state index in [1.165, 1.54) is 64.7 Å². The topological polar surface area (TPSA) is 15.7 Å². The zero-order valence-electron chi connectivity index (χ0n) is 13.8. The van der Waals surface area contributed by atoms with Gasteiger partial charge in [0.1, 0.15) is 0 Å². The number of rotatable bonds is 7. The van der Waals surface area contributed by atoms with Gasteiger partial charge in [0.2, 0.25) is 0 Å². The van der Waals surface area contributed by atoms with E-state index in [9.17, 15) is 0 Å². The third-order valence-corrected chi connectivity index (χ3v) is 4.92. The Morgan fingerprint density at radius 1 is 1.15 bits per heavy atom. The predicted molar refractivity (Wildman–Crippen MR) is 85.2 cm³/mol. The summed E-state index contributed by atoms with van der Waals surface area (Å²) in [5.74, 6) is 0. The van der Waals surface area contributed by atoms with Crippen LogP contribution in [0.15, 0.2) is 0 Å². The molecule has 3 nitrogen and oxygen atoms in total. The lowest BCUT2D eigenvalue weighted by Gasteiger charge is -2.48. The third kappa shape index (κ3) is 4.71. The molecule has 0 N–H and O–H groups in total. The molecular weight excluding hydrogens is 248 g/mol. The minimum Gasteiger partial charge on any atom is -0.379 e. The number of hydrogen-bond acceptors (Lipinski definition) is 3. The molecule has 0 aromatic carbocycles. The Morgan fingerprint density at radius 3 is 2.75 bits per heavy atom. The maximum absolute atomic E-state index is 5.64. The quantitative estimate of drug-likeness (QED) is 0.667. The molecule has 2 unspecified atom stereocenters. The van der Waals surface area contributed by atoms with Gasteiger partial charge in [0, 0.05) is 31.8 Å². The SMILES string of the molecule is CCC1CN2CCCCC2CN1CCCCOC(C)C. The molecule has 0 radical (unpaired) electrons. The fourth-order valence-electron chi connectivity index (χ4n) is 3.71. The van der Waals surface area contributed by atoms with Crippen LogP contribution in [0.2, 0.25) is 0 Å². The summed E-state index contributed by atoms with van der Waals surface area (Å²) in [4.78, 5) is 5.53. The van der Waals surface area contributed by atoms with E-state index in [4.69, 9.17) is 4.74 Å². The van der Waals surface area contributed by atoms with Gasteiger partial charge in [-0.3, -0.25) is 9.80 Å². The summed E-state index contributed by atoms with van der Waals surface area (Å²) >= 11 is 0. The Hall–Kier alpha value is -0.120. The normalized spacial score (nSPS) is 28.8. The molecule has 118 valence electrons. The first-order valence-corrected chi connectivity index (χ1v) is 8.80. The van der Waals surface area contributed by atoms with Crippen LogP contribution in [-0.2, 0) is 4.74 Å². The summed E-state index contributed by atoms with van der Waals surface area (Å²) in [6, 6.07) is 1.63. The van der Waals surface area contributed by atoms with E-state index in [2.05, 4.69) is 30.6 Å². The molecule has 0 aromatic heterocycles. The molecule has 0 spiro atoms. The molecule has 0 amide bonds. The van der Waals surface area contributed by atoms with E-state index in [0.717, 1.165) is 18.7 Å². The maximum atomic E-state index is 5.64. The third-order valence-electron chi connectivity index (χ3n) is 4.92. The lowest BCUT2D eigenvalue weighted by Crippen LogP contribution is -2.59. The standard InChI is InChI=1S/C17H34N2O/c1-4-16-13-19-10-6-5-9-17(19)14-18(16)11-7-8-12-20-15(2)3/h15-17H,4-14H2,1-3H3. The average Bonchev–Trinajstić information content (AvgIpc) is 2.45. The van der Waals surface area contributed by atoms with Crippen LogP contribution in [0.25, 0.3) is 0 Å². The van der Waals surface area contributed by atoms with Crippen molar-refractivity contribution in [3.8, 4) is 0 Å². The lowest BCUT2D eigenvalue weighted by molar-refractivity contribution is 0.00493. The summed E-state index contributed by atoms with van der Waals surface area (Å²) in [6.07, 6.45) is 8.45. The second-order valence-electron chi connectivity index (χ2n) is 6.83. The van der Waals surface area contributed by atoms with Crippen LogP contribution in [0.3, 0.4) is 0 Å². The van der Waals surface area contributed by atoms with Crippen molar-refractivity contribution in [1.82, 2.24) is 9.80 Å². The molecule has 2 heterocycles. The van der Waals surface area contributed by atoms with Crippen LogP contribution in [0.5, 0.6) is 0 Å². The van der Waals surface area contributed by atoms with Crippen LogP contribution in [0.1, 0.15) is 59.3 Å². The Kier molecular flexibility index (Phi) is 6.79. The molecule has 2 aliphatic heterocycles. The molecule has 2 rings (SSSR count). The largest absolute Gasteiger partial charge is 0.379 e. The monoisotopic (exact) mass is 282 g/mol. The van der Waals surface area contributed by atoms with Crippen molar-refractivity contribution >= 4 is 0 Å². The van der Waals surface area contributed by atoms with Gasteiger partial charge < -0.3 is 4.74 Å².